The highest BCUT2D eigenvalue weighted by Crippen LogP contribution is 2.31. The summed E-state index contributed by atoms with van der Waals surface area (Å²) < 4.78 is 21.6. The van der Waals surface area contributed by atoms with E-state index in [9.17, 15) is 4.79 Å². The molecular weight excluding hydrogens is 308 g/mol. The van der Waals surface area contributed by atoms with Crippen LogP contribution in [-0.4, -0.2) is 14.2 Å². The molecule has 5 nitrogen and oxygen atoms in total. The molecule has 0 atom stereocenters. The van der Waals surface area contributed by atoms with Crippen LogP contribution in [-0.2, 0) is 6.61 Å². The van der Waals surface area contributed by atoms with E-state index in [0.29, 0.717) is 29.4 Å². The molecule has 0 aliphatic carbocycles. The molecule has 1 aromatic heterocycles. The lowest BCUT2D eigenvalue weighted by Gasteiger charge is -2.13. The minimum Gasteiger partial charge on any atom is -0.493 e. The van der Waals surface area contributed by atoms with Crippen molar-refractivity contribution in [1.29, 1.82) is 0 Å². The maximum Gasteiger partial charge on any atom is 0.336 e. The Morgan fingerprint density at radius 1 is 0.958 bits per heavy atom. The number of fused-ring (bicyclic) bond motifs is 1. The van der Waals surface area contributed by atoms with Crippen molar-refractivity contribution in [2.24, 2.45) is 0 Å². The SMILES string of the molecule is COc1cc(C)c(COc2ccc3ccc(=O)oc3c2)cc1OC. The minimum atomic E-state index is -0.379. The summed E-state index contributed by atoms with van der Waals surface area (Å²) in [5.41, 5.74) is 2.15. The van der Waals surface area contributed by atoms with Crippen LogP contribution in [0.2, 0.25) is 0 Å². The summed E-state index contributed by atoms with van der Waals surface area (Å²) in [7, 11) is 3.21. The van der Waals surface area contributed by atoms with Gasteiger partial charge in [0.05, 0.1) is 14.2 Å². The molecule has 0 N–H and O–H groups in total. The van der Waals surface area contributed by atoms with Crippen LogP contribution in [0.3, 0.4) is 0 Å². The first-order valence-corrected chi connectivity index (χ1v) is 7.49. The Bertz CT molecular complexity index is 927. The van der Waals surface area contributed by atoms with Gasteiger partial charge in [-0.2, -0.15) is 0 Å². The number of methoxy groups -OCH3 is 2. The average molecular weight is 326 g/mol. The Morgan fingerprint density at radius 3 is 2.42 bits per heavy atom. The van der Waals surface area contributed by atoms with E-state index in [1.165, 1.54) is 6.07 Å². The van der Waals surface area contributed by atoms with Gasteiger partial charge in [0, 0.05) is 17.5 Å². The van der Waals surface area contributed by atoms with Gasteiger partial charge in [0.25, 0.3) is 0 Å². The Balaban J connectivity index is 1.84. The van der Waals surface area contributed by atoms with Crippen LogP contribution in [0.4, 0.5) is 0 Å². The third kappa shape index (κ3) is 3.20. The van der Waals surface area contributed by atoms with Crippen molar-refractivity contribution in [3.63, 3.8) is 0 Å². The third-order valence-corrected chi connectivity index (χ3v) is 3.83. The van der Waals surface area contributed by atoms with Crippen LogP contribution in [0.5, 0.6) is 17.2 Å². The van der Waals surface area contributed by atoms with Gasteiger partial charge in [-0.3, -0.25) is 0 Å². The molecule has 0 unspecified atom stereocenters. The largest absolute Gasteiger partial charge is 0.493 e. The lowest BCUT2D eigenvalue weighted by atomic mass is 10.1. The lowest BCUT2D eigenvalue weighted by Crippen LogP contribution is -2.01. The van der Waals surface area contributed by atoms with Crippen LogP contribution in [0.25, 0.3) is 11.0 Å². The summed E-state index contributed by atoms with van der Waals surface area (Å²) in [5.74, 6) is 1.98. The average Bonchev–Trinajstić information content (AvgIpc) is 2.59. The van der Waals surface area contributed by atoms with Crippen molar-refractivity contribution in [3.8, 4) is 17.2 Å². The highest BCUT2D eigenvalue weighted by atomic mass is 16.5. The van der Waals surface area contributed by atoms with Crippen LogP contribution in [0.15, 0.2) is 51.7 Å². The maximum atomic E-state index is 11.3. The van der Waals surface area contributed by atoms with E-state index >= 15 is 0 Å². The van der Waals surface area contributed by atoms with E-state index in [1.807, 2.05) is 31.2 Å². The van der Waals surface area contributed by atoms with Gasteiger partial charge >= 0.3 is 5.63 Å². The van der Waals surface area contributed by atoms with Gasteiger partial charge < -0.3 is 18.6 Å². The molecule has 2 aromatic carbocycles. The molecule has 0 bridgehead atoms. The Kier molecular flexibility index (Phi) is 4.42. The summed E-state index contributed by atoms with van der Waals surface area (Å²) >= 11 is 0. The molecule has 3 aromatic rings. The van der Waals surface area contributed by atoms with E-state index in [4.69, 9.17) is 18.6 Å². The molecule has 0 fully saturated rings. The van der Waals surface area contributed by atoms with E-state index in [1.54, 1.807) is 26.4 Å². The molecule has 0 spiro atoms. The van der Waals surface area contributed by atoms with Crippen LogP contribution in [0, 0.1) is 6.92 Å². The molecule has 0 aliphatic heterocycles. The van der Waals surface area contributed by atoms with Crippen molar-refractivity contribution in [2.45, 2.75) is 13.5 Å². The van der Waals surface area contributed by atoms with Crippen molar-refractivity contribution < 1.29 is 18.6 Å². The van der Waals surface area contributed by atoms with E-state index in [-0.39, 0.29) is 5.63 Å². The first-order valence-electron chi connectivity index (χ1n) is 7.49. The zero-order valence-corrected chi connectivity index (χ0v) is 13.8. The van der Waals surface area contributed by atoms with Gasteiger partial charge in [0.15, 0.2) is 11.5 Å². The number of hydrogen-bond donors (Lipinski definition) is 0. The fourth-order valence-corrected chi connectivity index (χ4v) is 2.47. The summed E-state index contributed by atoms with van der Waals surface area (Å²) in [6, 6.07) is 12.4. The molecule has 0 saturated heterocycles. The third-order valence-electron chi connectivity index (χ3n) is 3.83. The Morgan fingerprint density at radius 2 is 1.67 bits per heavy atom. The fourth-order valence-electron chi connectivity index (χ4n) is 2.47. The normalized spacial score (nSPS) is 10.6. The zero-order chi connectivity index (χ0) is 17.1. The Hall–Kier alpha value is -2.95. The molecule has 0 saturated carbocycles. The van der Waals surface area contributed by atoms with E-state index in [0.717, 1.165) is 16.5 Å². The quantitative estimate of drug-likeness (QED) is 0.669. The first-order chi connectivity index (χ1) is 11.6. The summed E-state index contributed by atoms with van der Waals surface area (Å²) in [4.78, 5) is 11.3. The van der Waals surface area contributed by atoms with E-state index < -0.39 is 0 Å². The Labute approximate surface area is 139 Å². The molecule has 24 heavy (non-hydrogen) atoms. The van der Waals surface area contributed by atoms with Gasteiger partial charge in [-0.25, -0.2) is 4.79 Å². The topological polar surface area (TPSA) is 57.9 Å². The summed E-state index contributed by atoms with van der Waals surface area (Å²) in [6.45, 7) is 2.36. The smallest absolute Gasteiger partial charge is 0.336 e. The molecule has 124 valence electrons. The van der Waals surface area contributed by atoms with Gasteiger partial charge in [-0.05, 0) is 48.4 Å². The van der Waals surface area contributed by atoms with Crippen molar-refractivity contribution >= 4 is 11.0 Å². The van der Waals surface area contributed by atoms with Crippen LogP contribution < -0.4 is 19.8 Å². The summed E-state index contributed by atoms with van der Waals surface area (Å²) in [5, 5.41) is 0.851. The van der Waals surface area contributed by atoms with Crippen molar-refractivity contribution in [1.82, 2.24) is 0 Å². The minimum absolute atomic E-state index is 0.370. The number of benzene rings is 2. The molecule has 0 aliphatic rings. The predicted octanol–water partition coefficient (Wildman–Crippen LogP) is 3.70. The molecular formula is C19H18O5. The summed E-state index contributed by atoms with van der Waals surface area (Å²) in [6.07, 6.45) is 0. The number of hydrogen-bond acceptors (Lipinski definition) is 5. The molecule has 5 heteroatoms. The van der Waals surface area contributed by atoms with Crippen molar-refractivity contribution in [3.05, 3.63) is 64.0 Å². The second-order valence-electron chi connectivity index (χ2n) is 5.38. The van der Waals surface area contributed by atoms with Gasteiger partial charge in [0.1, 0.15) is 17.9 Å². The van der Waals surface area contributed by atoms with Crippen LogP contribution >= 0.6 is 0 Å². The lowest BCUT2D eigenvalue weighted by molar-refractivity contribution is 0.303. The van der Waals surface area contributed by atoms with Gasteiger partial charge in [-0.15, -0.1) is 0 Å². The standard InChI is InChI=1S/C19H18O5/c1-12-8-17(21-2)18(22-3)9-14(12)11-23-15-6-4-13-5-7-19(20)24-16(13)10-15/h4-10H,11H2,1-3H3. The first kappa shape index (κ1) is 15.9. The molecule has 0 amide bonds. The monoisotopic (exact) mass is 326 g/mol. The zero-order valence-electron chi connectivity index (χ0n) is 13.8. The maximum absolute atomic E-state index is 11.3. The molecule has 3 rings (SSSR count). The second-order valence-corrected chi connectivity index (χ2v) is 5.38. The number of rotatable bonds is 5. The second kappa shape index (κ2) is 6.66. The van der Waals surface area contributed by atoms with Gasteiger partial charge in [-0.1, -0.05) is 0 Å². The highest BCUT2D eigenvalue weighted by molar-refractivity contribution is 5.77. The van der Waals surface area contributed by atoms with Gasteiger partial charge in [0.2, 0.25) is 0 Å². The van der Waals surface area contributed by atoms with Crippen LogP contribution in [0.1, 0.15) is 11.1 Å². The number of aryl methyl sites for hydroxylation is 1. The fraction of sp³-hybridized carbons (Fsp3) is 0.211. The highest BCUT2D eigenvalue weighted by Gasteiger charge is 2.09. The molecule has 0 radical (unpaired) electrons. The predicted molar refractivity (Wildman–Crippen MR) is 91.1 cm³/mol. The van der Waals surface area contributed by atoms with E-state index in [2.05, 4.69) is 0 Å². The molecule has 1 heterocycles. The van der Waals surface area contributed by atoms with Crippen molar-refractivity contribution in [2.75, 3.05) is 14.2 Å². The number of ether oxygens (including phenoxy) is 3.